The summed E-state index contributed by atoms with van der Waals surface area (Å²) in [5.41, 5.74) is 1.50. The molecule has 4 aromatic rings. The Hall–Kier alpha value is -3.40. The number of carbonyl (C=O) groups is 1. The second-order valence-corrected chi connectivity index (χ2v) is 10.0. The van der Waals surface area contributed by atoms with Crippen LogP contribution in [0.3, 0.4) is 0 Å². The van der Waals surface area contributed by atoms with Gasteiger partial charge in [0.1, 0.15) is 16.3 Å². The third-order valence-electron chi connectivity index (χ3n) is 6.26. The van der Waals surface area contributed by atoms with Gasteiger partial charge >= 0.3 is 0 Å². The zero-order valence-corrected chi connectivity index (χ0v) is 20.6. The lowest BCUT2D eigenvalue weighted by Gasteiger charge is -2.34. The monoisotopic (exact) mass is 479 g/mol. The van der Waals surface area contributed by atoms with E-state index < -0.39 is 0 Å². The predicted octanol–water partition coefficient (Wildman–Crippen LogP) is 4.17. The summed E-state index contributed by atoms with van der Waals surface area (Å²) in [5.74, 6) is 1.42. The molecule has 10 heteroatoms. The second kappa shape index (κ2) is 8.75. The quantitative estimate of drug-likeness (QED) is 0.443. The number of amides is 1. The van der Waals surface area contributed by atoms with Gasteiger partial charge in [0.25, 0.3) is 0 Å². The van der Waals surface area contributed by atoms with Crippen LogP contribution in [0, 0.1) is 0 Å². The minimum Gasteiger partial charge on any atom is -0.493 e. The topological polar surface area (TPSA) is 99.4 Å². The number of hydrogen-bond acceptors (Lipinski definition) is 8. The fourth-order valence-electron chi connectivity index (χ4n) is 4.28. The fourth-order valence-corrected chi connectivity index (χ4v) is 5.25. The Morgan fingerprint density at radius 3 is 2.50 bits per heavy atom. The molecule has 9 nitrogen and oxygen atoms in total. The average molecular weight is 480 g/mol. The SMILES string of the molecule is CC(=O)N1CCN(c2nc(NC(C)c3nc4ccccc4s3)c3cn(C(C)C)c(O)c3n2)CC1. The number of fused-ring (bicyclic) bond motifs is 2. The van der Waals surface area contributed by atoms with Crippen LogP contribution in [0.2, 0.25) is 0 Å². The maximum absolute atomic E-state index is 11.7. The molecule has 178 valence electrons. The summed E-state index contributed by atoms with van der Waals surface area (Å²) < 4.78 is 2.95. The first-order valence-corrected chi connectivity index (χ1v) is 12.4. The first-order chi connectivity index (χ1) is 16.3. The highest BCUT2D eigenvalue weighted by molar-refractivity contribution is 7.18. The largest absolute Gasteiger partial charge is 0.493 e. The number of carbonyl (C=O) groups excluding carboxylic acids is 1. The van der Waals surface area contributed by atoms with E-state index in [1.54, 1.807) is 18.3 Å². The van der Waals surface area contributed by atoms with E-state index >= 15 is 0 Å². The van der Waals surface area contributed by atoms with Gasteiger partial charge in [0.15, 0.2) is 0 Å². The van der Waals surface area contributed by atoms with Crippen molar-refractivity contribution in [3.8, 4) is 5.88 Å². The van der Waals surface area contributed by atoms with E-state index in [1.165, 1.54) is 0 Å². The number of hydrogen-bond donors (Lipinski definition) is 2. The smallest absolute Gasteiger partial charge is 0.228 e. The van der Waals surface area contributed by atoms with E-state index in [-0.39, 0.29) is 23.9 Å². The van der Waals surface area contributed by atoms with Gasteiger partial charge in [0.2, 0.25) is 17.7 Å². The van der Waals surface area contributed by atoms with Crippen LogP contribution in [-0.4, -0.2) is 61.6 Å². The number of nitrogens with zero attached hydrogens (tertiary/aromatic N) is 6. The number of nitrogens with one attached hydrogen (secondary N) is 1. The van der Waals surface area contributed by atoms with Crippen molar-refractivity contribution in [1.82, 2.24) is 24.4 Å². The number of aromatic nitrogens is 4. The zero-order valence-electron chi connectivity index (χ0n) is 19.8. The summed E-state index contributed by atoms with van der Waals surface area (Å²) in [4.78, 5) is 30.0. The molecule has 34 heavy (non-hydrogen) atoms. The van der Waals surface area contributed by atoms with Crippen LogP contribution in [0.4, 0.5) is 11.8 Å². The van der Waals surface area contributed by atoms with Gasteiger partial charge in [-0.2, -0.15) is 4.98 Å². The molecule has 3 aromatic heterocycles. The van der Waals surface area contributed by atoms with Crippen LogP contribution < -0.4 is 10.2 Å². The van der Waals surface area contributed by atoms with Crippen LogP contribution in [0.5, 0.6) is 5.88 Å². The fraction of sp³-hybridized carbons (Fsp3) is 0.417. The molecule has 0 saturated carbocycles. The molecule has 0 bridgehead atoms. The first-order valence-electron chi connectivity index (χ1n) is 11.6. The van der Waals surface area contributed by atoms with Gasteiger partial charge in [-0.3, -0.25) is 4.79 Å². The highest BCUT2D eigenvalue weighted by Gasteiger charge is 2.25. The van der Waals surface area contributed by atoms with Gasteiger partial charge in [-0.15, -0.1) is 11.3 Å². The molecule has 1 unspecified atom stereocenters. The van der Waals surface area contributed by atoms with Crippen molar-refractivity contribution in [3.05, 3.63) is 35.5 Å². The predicted molar refractivity (Wildman–Crippen MR) is 136 cm³/mol. The van der Waals surface area contributed by atoms with Crippen LogP contribution in [0.25, 0.3) is 21.1 Å². The Morgan fingerprint density at radius 1 is 1.09 bits per heavy atom. The molecule has 1 fully saturated rings. The second-order valence-electron chi connectivity index (χ2n) is 8.97. The highest BCUT2D eigenvalue weighted by Crippen LogP contribution is 2.36. The number of anilines is 2. The Morgan fingerprint density at radius 2 is 1.82 bits per heavy atom. The molecular weight excluding hydrogens is 450 g/mol. The first kappa shape index (κ1) is 22.4. The van der Waals surface area contributed by atoms with E-state index in [1.807, 2.05) is 47.7 Å². The van der Waals surface area contributed by atoms with E-state index in [0.717, 1.165) is 20.6 Å². The van der Waals surface area contributed by atoms with E-state index in [4.69, 9.17) is 15.0 Å². The van der Waals surface area contributed by atoms with Crippen molar-refractivity contribution in [2.45, 2.75) is 39.8 Å². The van der Waals surface area contributed by atoms with Crippen molar-refractivity contribution < 1.29 is 9.90 Å². The molecule has 1 aliphatic heterocycles. The lowest BCUT2D eigenvalue weighted by Crippen LogP contribution is -2.48. The van der Waals surface area contributed by atoms with Crippen LogP contribution in [0.15, 0.2) is 30.5 Å². The molecule has 4 heterocycles. The third-order valence-corrected chi connectivity index (χ3v) is 7.48. The van der Waals surface area contributed by atoms with Crippen molar-refractivity contribution >= 4 is 50.1 Å². The van der Waals surface area contributed by atoms with Gasteiger partial charge in [0.05, 0.1) is 21.6 Å². The molecule has 0 spiro atoms. The molecule has 2 N–H and O–H groups in total. The molecule has 1 saturated heterocycles. The Kier molecular flexibility index (Phi) is 5.76. The van der Waals surface area contributed by atoms with Crippen LogP contribution in [-0.2, 0) is 4.79 Å². The number of thiazole rings is 1. The number of piperazine rings is 1. The molecular formula is C24H29N7O2S. The molecule has 1 aliphatic rings. The van der Waals surface area contributed by atoms with E-state index in [2.05, 4.69) is 23.2 Å². The number of aromatic hydroxyl groups is 1. The maximum Gasteiger partial charge on any atom is 0.228 e. The number of rotatable bonds is 5. The molecule has 1 atom stereocenters. The van der Waals surface area contributed by atoms with Crippen molar-refractivity contribution in [2.24, 2.45) is 0 Å². The van der Waals surface area contributed by atoms with Gasteiger partial charge < -0.3 is 24.8 Å². The van der Waals surface area contributed by atoms with Gasteiger partial charge in [-0.1, -0.05) is 12.1 Å². The Bertz CT molecular complexity index is 1320. The maximum atomic E-state index is 11.7. The standard InChI is InChI=1S/C24H29N7O2S/c1-14(2)31-13-17-20(23(31)33)27-24(30-11-9-29(10-12-30)16(4)32)28-21(17)25-15(3)22-26-18-7-5-6-8-19(18)34-22/h5-8,13-15,33H,9-12H2,1-4H3,(H,25,27,28). The van der Waals surface area contributed by atoms with Crippen molar-refractivity contribution in [1.29, 1.82) is 0 Å². The summed E-state index contributed by atoms with van der Waals surface area (Å²) in [7, 11) is 0. The zero-order chi connectivity index (χ0) is 24.0. The summed E-state index contributed by atoms with van der Waals surface area (Å²) in [5, 5.41) is 16.2. The van der Waals surface area contributed by atoms with Crippen molar-refractivity contribution in [3.63, 3.8) is 0 Å². The lowest BCUT2D eigenvalue weighted by atomic mass is 10.3. The van der Waals surface area contributed by atoms with E-state index in [0.29, 0.717) is 43.5 Å². The van der Waals surface area contributed by atoms with Crippen LogP contribution in [0.1, 0.15) is 44.8 Å². The average Bonchev–Trinajstić information content (AvgIpc) is 3.41. The van der Waals surface area contributed by atoms with E-state index in [9.17, 15) is 9.90 Å². The molecule has 5 rings (SSSR count). The summed E-state index contributed by atoms with van der Waals surface area (Å²) in [6.45, 7) is 10.2. The summed E-state index contributed by atoms with van der Waals surface area (Å²) in [6.07, 6.45) is 1.90. The van der Waals surface area contributed by atoms with Gasteiger partial charge in [0, 0.05) is 45.3 Å². The number of para-hydroxylation sites is 1. The van der Waals surface area contributed by atoms with Gasteiger partial charge in [-0.05, 0) is 32.9 Å². The Balaban J connectivity index is 1.52. The summed E-state index contributed by atoms with van der Waals surface area (Å²) >= 11 is 1.66. The molecule has 1 aromatic carbocycles. The minimum atomic E-state index is -0.0811. The normalized spacial score (nSPS) is 15.4. The van der Waals surface area contributed by atoms with Crippen LogP contribution >= 0.6 is 11.3 Å². The highest BCUT2D eigenvalue weighted by atomic mass is 32.1. The lowest BCUT2D eigenvalue weighted by molar-refractivity contribution is -0.129. The molecule has 1 amide bonds. The van der Waals surface area contributed by atoms with Crippen molar-refractivity contribution in [2.75, 3.05) is 36.4 Å². The Labute approximate surface area is 202 Å². The third kappa shape index (κ3) is 4.02. The summed E-state index contributed by atoms with van der Waals surface area (Å²) in [6, 6.07) is 8.10. The number of benzene rings is 1. The molecule has 0 radical (unpaired) electrons. The molecule has 0 aliphatic carbocycles. The minimum absolute atomic E-state index is 0.0753. The van der Waals surface area contributed by atoms with Gasteiger partial charge in [-0.25, -0.2) is 9.97 Å².